The van der Waals surface area contributed by atoms with E-state index in [4.69, 9.17) is 26.9 Å². The largest absolute Gasteiger partial charge is 0.497 e. The molecule has 6 heteroatoms. The number of hydrazine groups is 1. The zero-order chi connectivity index (χ0) is 15.4. The number of rotatable bonds is 5. The number of ether oxygens (including phenoxy) is 2. The van der Waals surface area contributed by atoms with Crippen LogP contribution in [0.15, 0.2) is 36.4 Å². The second-order valence-electron chi connectivity index (χ2n) is 4.37. The van der Waals surface area contributed by atoms with E-state index in [2.05, 4.69) is 5.43 Å². The Labute approximate surface area is 127 Å². The molecule has 0 saturated heterocycles. The minimum Gasteiger partial charge on any atom is -0.497 e. The van der Waals surface area contributed by atoms with Crippen LogP contribution in [0.1, 0.15) is 17.2 Å². The van der Waals surface area contributed by atoms with Gasteiger partial charge in [0, 0.05) is 16.1 Å². The highest BCUT2D eigenvalue weighted by molar-refractivity contribution is 6.30. The summed E-state index contributed by atoms with van der Waals surface area (Å²) in [5, 5.41) is 0.324. The van der Waals surface area contributed by atoms with Crippen LogP contribution in [0.25, 0.3) is 0 Å². The summed E-state index contributed by atoms with van der Waals surface area (Å²) < 4.78 is 24.6. The average molecular weight is 311 g/mol. The van der Waals surface area contributed by atoms with Crippen LogP contribution >= 0.6 is 11.6 Å². The second kappa shape index (κ2) is 6.76. The van der Waals surface area contributed by atoms with Crippen LogP contribution in [0.5, 0.6) is 11.5 Å². The van der Waals surface area contributed by atoms with Crippen molar-refractivity contribution >= 4 is 11.6 Å². The Kier molecular flexibility index (Phi) is 5.01. The number of methoxy groups -OCH3 is 2. The molecule has 3 N–H and O–H groups in total. The molecule has 0 bridgehead atoms. The summed E-state index contributed by atoms with van der Waals surface area (Å²) in [6.07, 6.45) is 0. The van der Waals surface area contributed by atoms with Crippen molar-refractivity contribution in [2.24, 2.45) is 5.84 Å². The fraction of sp³-hybridized carbons (Fsp3) is 0.200. The topological polar surface area (TPSA) is 56.5 Å². The van der Waals surface area contributed by atoms with E-state index in [1.807, 2.05) is 0 Å². The zero-order valence-corrected chi connectivity index (χ0v) is 12.4. The van der Waals surface area contributed by atoms with Gasteiger partial charge in [0.25, 0.3) is 0 Å². The van der Waals surface area contributed by atoms with Crippen LogP contribution in [0.4, 0.5) is 4.39 Å². The van der Waals surface area contributed by atoms with E-state index in [0.717, 1.165) is 0 Å². The first-order valence-corrected chi connectivity index (χ1v) is 6.61. The lowest BCUT2D eigenvalue weighted by molar-refractivity contribution is 0.393. The van der Waals surface area contributed by atoms with Crippen molar-refractivity contribution < 1.29 is 13.9 Å². The molecular formula is C15H16ClFN2O2. The molecule has 2 aromatic carbocycles. The molecule has 0 fully saturated rings. The Morgan fingerprint density at radius 2 is 1.86 bits per heavy atom. The fourth-order valence-electron chi connectivity index (χ4n) is 2.15. The third-order valence-corrected chi connectivity index (χ3v) is 3.42. The normalized spacial score (nSPS) is 12.0. The lowest BCUT2D eigenvalue weighted by atomic mass is 9.97. The summed E-state index contributed by atoms with van der Waals surface area (Å²) in [6.45, 7) is 0. The first kappa shape index (κ1) is 15.6. The molecule has 0 aliphatic carbocycles. The van der Waals surface area contributed by atoms with Crippen molar-refractivity contribution in [3.8, 4) is 11.5 Å². The van der Waals surface area contributed by atoms with Gasteiger partial charge in [-0.3, -0.25) is 5.84 Å². The molecule has 2 aromatic rings. The molecule has 21 heavy (non-hydrogen) atoms. The number of nitrogens with one attached hydrogen (secondary N) is 1. The van der Waals surface area contributed by atoms with Crippen LogP contribution < -0.4 is 20.7 Å². The SMILES string of the molecule is COc1ccc(OC)c(C(NN)c2ccc(Cl)cc2F)c1. The Morgan fingerprint density at radius 3 is 2.43 bits per heavy atom. The van der Waals surface area contributed by atoms with Gasteiger partial charge in [-0.2, -0.15) is 0 Å². The summed E-state index contributed by atoms with van der Waals surface area (Å²) in [5.74, 6) is 6.37. The minimum absolute atomic E-state index is 0.324. The molecule has 4 nitrogen and oxygen atoms in total. The van der Waals surface area contributed by atoms with Gasteiger partial charge in [-0.15, -0.1) is 0 Å². The van der Waals surface area contributed by atoms with E-state index in [-0.39, 0.29) is 0 Å². The molecule has 1 atom stereocenters. The quantitative estimate of drug-likeness (QED) is 0.658. The number of nitrogens with two attached hydrogens (primary N) is 1. The monoisotopic (exact) mass is 310 g/mol. The zero-order valence-electron chi connectivity index (χ0n) is 11.7. The van der Waals surface area contributed by atoms with Gasteiger partial charge in [-0.25, -0.2) is 9.82 Å². The van der Waals surface area contributed by atoms with E-state index in [1.165, 1.54) is 13.2 Å². The Bertz CT molecular complexity index is 637. The molecule has 0 aliphatic rings. The van der Waals surface area contributed by atoms with Gasteiger partial charge in [-0.05, 0) is 30.3 Å². The average Bonchev–Trinajstić information content (AvgIpc) is 2.49. The molecule has 0 aromatic heterocycles. The predicted molar refractivity (Wildman–Crippen MR) is 80.1 cm³/mol. The highest BCUT2D eigenvalue weighted by Gasteiger charge is 2.21. The van der Waals surface area contributed by atoms with Gasteiger partial charge in [0.15, 0.2) is 0 Å². The molecule has 0 spiro atoms. The Balaban J connectivity index is 2.54. The van der Waals surface area contributed by atoms with Crippen LogP contribution in [0.3, 0.4) is 0 Å². The molecule has 0 heterocycles. The van der Waals surface area contributed by atoms with E-state index in [1.54, 1.807) is 37.4 Å². The van der Waals surface area contributed by atoms with Crippen molar-refractivity contribution in [2.45, 2.75) is 6.04 Å². The smallest absolute Gasteiger partial charge is 0.129 e. The van der Waals surface area contributed by atoms with Crippen molar-refractivity contribution in [3.05, 3.63) is 58.4 Å². The maximum atomic E-state index is 14.1. The summed E-state index contributed by atoms with van der Waals surface area (Å²) in [5.41, 5.74) is 3.64. The van der Waals surface area contributed by atoms with Crippen LogP contribution in [-0.2, 0) is 0 Å². The summed E-state index contributed by atoms with van der Waals surface area (Å²) >= 11 is 5.78. The third-order valence-electron chi connectivity index (χ3n) is 3.19. The van der Waals surface area contributed by atoms with Gasteiger partial charge in [0.1, 0.15) is 17.3 Å². The summed E-state index contributed by atoms with van der Waals surface area (Å²) in [4.78, 5) is 0. The molecule has 1 unspecified atom stereocenters. The molecular weight excluding hydrogens is 295 g/mol. The Hall–Kier alpha value is -1.82. The van der Waals surface area contributed by atoms with E-state index >= 15 is 0 Å². The van der Waals surface area contributed by atoms with Gasteiger partial charge in [0.05, 0.1) is 20.3 Å². The molecule has 0 amide bonds. The lowest BCUT2D eigenvalue weighted by Gasteiger charge is -2.21. The number of halogens is 2. The highest BCUT2D eigenvalue weighted by Crippen LogP contribution is 2.34. The van der Waals surface area contributed by atoms with E-state index in [9.17, 15) is 4.39 Å². The maximum Gasteiger partial charge on any atom is 0.129 e. The maximum absolute atomic E-state index is 14.1. The summed E-state index contributed by atoms with van der Waals surface area (Å²) in [6, 6.07) is 9.09. The van der Waals surface area contributed by atoms with Crippen LogP contribution in [0.2, 0.25) is 5.02 Å². The van der Waals surface area contributed by atoms with Gasteiger partial charge in [-0.1, -0.05) is 17.7 Å². The Morgan fingerprint density at radius 1 is 1.10 bits per heavy atom. The number of hydrogen-bond donors (Lipinski definition) is 2. The predicted octanol–water partition coefficient (Wildman–Crippen LogP) is 3.05. The lowest BCUT2D eigenvalue weighted by Crippen LogP contribution is -2.30. The fourth-order valence-corrected chi connectivity index (χ4v) is 2.31. The molecule has 112 valence electrons. The van der Waals surface area contributed by atoms with Crippen molar-refractivity contribution in [2.75, 3.05) is 14.2 Å². The number of hydrogen-bond acceptors (Lipinski definition) is 4. The third kappa shape index (κ3) is 3.26. The molecule has 0 radical (unpaired) electrons. The highest BCUT2D eigenvalue weighted by atomic mass is 35.5. The first-order valence-electron chi connectivity index (χ1n) is 6.23. The second-order valence-corrected chi connectivity index (χ2v) is 4.81. The van der Waals surface area contributed by atoms with Gasteiger partial charge < -0.3 is 9.47 Å². The van der Waals surface area contributed by atoms with Crippen LogP contribution in [0, 0.1) is 5.82 Å². The van der Waals surface area contributed by atoms with Crippen LogP contribution in [-0.4, -0.2) is 14.2 Å². The summed E-state index contributed by atoms with van der Waals surface area (Å²) in [7, 11) is 3.09. The van der Waals surface area contributed by atoms with Gasteiger partial charge in [0.2, 0.25) is 0 Å². The van der Waals surface area contributed by atoms with Crippen molar-refractivity contribution in [1.29, 1.82) is 0 Å². The molecule has 2 rings (SSSR count). The van der Waals surface area contributed by atoms with E-state index < -0.39 is 11.9 Å². The number of benzene rings is 2. The molecule has 0 saturated carbocycles. The van der Waals surface area contributed by atoms with Crippen molar-refractivity contribution in [3.63, 3.8) is 0 Å². The minimum atomic E-state index is -0.590. The van der Waals surface area contributed by atoms with Gasteiger partial charge >= 0.3 is 0 Å². The van der Waals surface area contributed by atoms with Crippen molar-refractivity contribution in [1.82, 2.24) is 5.43 Å². The molecule has 0 aliphatic heterocycles. The first-order chi connectivity index (χ1) is 10.1. The van der Waals surface area contributed by atoms with E-state index in [0.29, 0.717) is 27.6 Å². The standard InChI is InChI=1S/C15H16ClFN2O2/c1-20-10-4-6-14(21-2)12(8-10)15(19-18)11-5-3-9(16)7-13(11)17/h3-8,15,19H,18H2,1-2H3.